The molecule has 0 fully saturated rings. The van der Waals surface area contributed by atoms with Crippen molar-refractivity contribution < 1.29 is 19.1 Å². The molecule has 0 saturated heterocycles. The van der Waals surface area contributed by atoms with Crippen molar-refractivity contribution in [3.8, 4) is 11.1 Å². The van der Waals surface area contributed by atoms with Crippen LogP contribution in [0.25, 0.3) is 11.1 Å². The van der Waals surface area contributed by atoms with Gasteiger partial charge in [-0.15, -0.1) is 0 Å². The molecule has 3 aromatic rings. The van der Waals surface area contributed by atoms with Crippen LogP contribution in [0.5, 0.6) is 0 Å². The first kappa shape index (κ1) is 19.0. The van der Waals surface area contributed by atoms with Crippen molar-refractivity contribution in [2.24, 2.45) is 0 Å². The van der Waals surface area contributed by atoms with Crippen molar-refractivity contribution in [3.63, 3.8) is 0 Å². The van der Waals surface area contributed by atoms with E-state index in [9.17, 15) is 14.4 Å². The van der Waals surface area contributed by atoms with E-state index in [1.165, 1.54) is 6.92 Å². The normalized spacial score (nSPS) is 10.2. The number of ketones is 1. The molecule has 0 radical (unpaired) electrons. The van der Waals surface area contributed by atoms with Crippen molar-refractivity contribution in [3.05, 3.63) is 90.0 Å². The Bertz CT molecular complexity index is 995. The van der Waals surface area contributed by atoms with Gasteiger partial charge in [0.1, 0.15) is 0 Å². The van der Waals surface area contributed by atoms with Crippen LogP contribution in [0.2, 0.25) is 0 Å². The molecule has 0 bridgehead atoms. The Morgan fingerprint density at radius 1 is 0.821 bits per heavy atom. The molecule has 0 spiro atoms. The molecule has 0 atom stereocenters. The van der Waals surface area contributed by atoms with Gasteiger partial charge in [0.2, 0.25) is 0 Å². The first-order chi connectivity index (χ1) is 13.5. The van der Waals surface area contributed by atoms with Crippen molar-refractivity contribution in [2.45, 2.75) is 6.92 Å². The molecule has 3 aromatic carbocycles. The highest BCUT2D eigenvalue weighted by atomic mass is 16.5. The lowest BCUT2D eigenvalue weighted by Crippen LogP contribution is -2.21. The molecule has 0 aromatic heterocycles. The predicted molar refractivity (Wildman–Crippen MR) is 107 cm³/mol. The number of hydrogen-bond acceptors (Lipinski definition) is 4. The number of rotatable bonds is 6. The molecule has 5 heteroatoms. The first-order valence-electron chi connectivity index (χ1n) is 8.77. The van der Waals surface area contributed by atoms with Crippen LogP contribution in [0.1, 0.15) is 27.6 Å². The summed E-state index contributed by atoms with van der Waals surface area (Å²) in [6.07, 6.45) is 0. The van der Waals surface area contributed by atoms with E-state index in [1.54, 1.807) is 36.4 Å². The number of hydrogen-bond donors (Lipinski definition) is 1. The van der Waals surface area contributed by atoms with E-state index in [0.29, 0.717) is 16.8 Å². The topological polar surface area (TPSA) is 72.5 Å². The summed E-state index contributed by atoms with van der Waals surface area (Å²) in [5, 5.41) is 2.63. The van der Waals surface area contributed by atoms with Gasteiger partial charge >= 0.3 is 5.97 Å². The Labute approximate surface area is 163 Å². The van der Waals surface area contributed by atoms with Crippen LogP contribution in [0.3, 0.4) is 0 Å². The van der Waals surface area contributed by atoms with Gasteiger partial charge in [-0.25, -0.2) is 4.79 Å². The average molecular weight is 373 g/mol. The van der Waals surface area contributed by atoms with E-state index < -0.39 is 18.5 Å². The minimum Gasteiger partial charge on any atom is -0.452 e. The van der Waals surface area contributed by atoms with Gasteiger partial charge < -0.3 is 10.1 Å². The highest BCUT2D eigenvalue weighted by molar-refractivity contribution is 6.00. The summed E-state index contributed by atoms with van der Waals surface area (Å²) < 4.78 is 5.18. The van der Waals surface area contributed by atoms with Crippen molar-refractivity contribution >= 4 is 23.3 Å². The van der Waals surface area contributed by atoms with Gasteiger partial charge in [-0.2, -0.15) is 0 Å². The van der Waals surface area contributed by atoms with Gasteiger partial charge in [-0.1, -0.05) is 48.5 Å². The van der Waals surface area contributed by atoms with Gasteiger partial charge in [-0.05, 0) is 48.4 Å². The fourth-order valence-electron chi connectivity index (χ4n) is 2.72. The smallest absolute Gasteiger partial charge is 0.339 e. The molecule has 28 heavy (non-hydrogen) atoms. The summed E-state index contributed by atoms with van der Waals surface area (Å²) in [5.74, 6) is -1.08. The van der Waals surface area contributed by atoms with Gasteiger partial charge in [0, 0.05) is 11.3 Å². The number of esters is 1. The Morgan fingerprint density at radius 3 is 2.14 bits per heavy atom. The summed E-state index contributed by atoms with van der Waals surface area (Å²) in [7, 11) is 0. The van der Waals surface area contributed by atoms with Gasteiger partial charge in [0.25, 0.3) is 5.91 Å². The lowest BCUT2D eigenvalue weighted by Gasteiger charge is -2.10. The molecule has 0 aliphatic heterocycles. The fraction of sp³-hybridized carbons (Fsp3) is 0.0870. The third-order valence-corrected chi connectivity index (χ3v) is 4.14. The molecule has 0 heterocycles. The monoisotopic (exact) mass is 373 g/mol. The van der Waals surface area contributed by atoms with Crippen LogP contribution in [0.15, 0.2) is 78.9 Å². The second kappa shape index (κ2) is 8.77. The fourth-order valence-corrected chi connectivity index (χ4v) is 2.72. The molecule has 0 aliphatic carbocycles. The van der Waals surface area contributed by atoms with E-state index in [4.69, 9.17) is 4.74 Å². The summed E-state index contributed by atoms with van der Waals surface area (Å²) in [4.78, 5) is 35.8. The zero-order valence-corrected chi connectivity index (χ0v) is 15.3. The minimum absolute atomic E-state index is 0.0520. The molecular weight excluding hydrogens is 354 g/mol. The maximum absolute atomic E-state index is 12.5. The van der Waals surface area contributed by atoms with E-state index in [0.717, 1.165) is 11.1 Å². The second-order valence-electron chi connectivity index (χ2n) is 6.17. The zero-order valence-electron chi connectivity index (χ0n) is 15.3. The number of anilines is 1. The van der Waals surface area contributed by atoms with Gasteiger partial charge in [0.15, 0.2) is 12.4 Å². The van der Waals surface area contributed by atoms with Crippen LogP contribution >= 0.6 is 0 Å². The molecule has 0 unspecified atom stereocenters. The summed E-state index contributed by atoms with van der Waals surface area (Å²) in [6.45, 7) is 1.07. The van der Waals surface area contributed by atoms with E-state index in [-0.39, 0.29) is 5.78 Å². The third-order valence-electron chi connectivity index (χ3n) is 4.14. The van der Waals surface area contributed by atoms with Crippen LogP contribution in [0, 0.1) is 0 Å². The van der Waals surface area contributed by atoms with Crippen LogP contribution in [-0.2, 0) is 9.53 Å². The lowest BCUT2D eigenvalue weighted by molar-refractivity contribution is -0.119. The Morgan fingerprint density at radius 2 is 1.46 bits per heavy atom. The zero-order chi connectivity index (χ0) is 19.9. The predicted octanol–water partition coefficient (Wildman–Crippen LogP) is 4.35. The lowest BCUT2D eigenvalue weighted by atomic mass is 10.00. The number of benzene rings is 3. The minimum atomic E-state index is -0.568. The van der Waals surface area contributed by atoms with Crippen LogP contribution in [0.4, 0.5) is 5.69 Å². The molecule has 1 N–H and O–H groups in total. The first-order valence-corrected chi connectivity index (χ1v) is 8.77. The number of amides is 1. The number of carbonyl (C=O) groups is 3. The molecule has 1 amide bonds. The number of Topliss-reactive ketones (excluding diaryl/α,β-unsaturated/α-hetero) is 1. The second-order valence-corrected chi connectivity index (χ2v) is 6.17. The van der Waals surface area contributed by atoms with E-state index >= 15 is 0 Å². The highest BCUT2D eigenvalue weighted by Gasteiger charge is 2.15. The van der Waals surface area contributed by atoms with Crippen molar-refractivity contribution in [1.82, 2.24) is 0 Å². The van der Waals surface area contributed by atoms with E-state index in [2.05, 4.69) is 5.32 Å². The molecular formula is C23H19NO4. The van der Waals surface area contributed by atoms with Crippen LogP contribution in [-0.4, -0.2) is 24.3 Å². The van der Waals surface area contributed by atoms with Gasteiger partial charge in [0.05, 0.1) is 5.56 Å². The largest absolute Gasteiger partial charge is 0.452 e. The quantitative estimate of drug-likeness (QED) is 0.515. The van der Waals surface area contributed by atoms with Crippen molar-refractivity contribution in [2.75, 3.05) is 11.9 Å². The van der Waals surface area contributed by atoms with Crippen molar-refractivity contribution in [1.29, 1.82) is 0 Å². The summed E-state index contributed by atoms with van der Waals surface area (Å²) in [6, 6.07) is 23.1. The molecule has 3 rings (SSSR count). The molecule has 140 valence electrons. The molecule has 5 nitrogen and oxygen atoms in total. The molecule has 0 saturated carbocycles. The van der Waals surface area contributed by atoms with E-state index in [1.807, 2.05) is 42.5 Å². The van der Waals surface area contributed by atoms with Gasteiger partial charge in [-0.3, -0.25) is 9.59 Å². The number of ether oxygens (including phenoxy) is 1. The summed E-state index contributed by atoms with van der Waals surface area (Å²) >= 11 is 0. The third kappa shape index (κ3) is 4.71. The maximum Gasteiger partial charge on any atom is 0.339 e. The summed E-state index contributed by atoms with van der Waals surface area (Å²) in [5.41, 5.74) is 3.11. The SMILES string of the molecule is CC(=O)c1ccc(NC(=O)COC(=O)c2ccccc2-c2ccccc2)cc1. The standard InChI is InChI=1S/C23H19NO4/c1-16(25)17-11-13-19(14-12-17)24-22(26)15-28-23(27)21-10-6-5-9-20(21)18-7-3-2-4-8-18/h2-14H,15H2,1H3,(H,24,26). The highest BCUT2D eigenvalue weighted by Crippen LogP contribution is 2.24. The average Bonchev–Trinajstić information content (AvgIpc) is 2.73. The number of nitrogens with one attached hydrogen (secondary N) is 1. The molecule has 0 aliphatic rings. The number of carbonyl (C=O) groups excluding carboxylic acids is 3. The Kier molecular flexibility index (Phi) is 5.97. The maximum atomic E-state index is 12.5. The Hall–Kier alpha value is -3.73. The van der Waals surface area contributed by atoms with Crippen LogP contribution < -0.4 is 5.32 Å². The Balaban J connectivity index is 1.63.